The summed E-state index contributed by atoms with van der Waals surface area (Å²) in [4.78, 5) is 33.2. The fourth-order valence-electron chi connectivity index (χ4n) is 3.54. The topological polar surface area (TPSA) is 65.5 Å². The second kappa shape index (κ2) is 9.49. The summed E-state index contributed by atoms with van der Waals surface area (Å²) in [6, 6.07) is 9.43. The summed E-state index contributed by atoms with van der Waals surface area (Å²) in [5.74, 6) is 0.0796. The highest BCUT2D eigenvalue weighted by molar-refractivity contribution is 6.04. The Morgan fingerprint density at radius 3 is 2.34 bits per heavy atom. The Balaban J connectivity index is 1.57. The number of carbonyl (C=O) groups is 2. The SMILES string of the molecule is CCC(CC)C(=O)N1CCN(c2ccc(NC(=O)c3ccccc3F)cn2)CC1. The Morgan fingerprint density at radius 1 is 1.07 bits per heavy atom. The summed E-state index contributed by atoms with van der Waals surface area (Å²) >= 11 is 0. The summed E-state index contributed by atoms with van der Waals surface area (Å²) in [6.45, 7) is 6.92. The van der Waals surface area contributed by atoms with Crippen LogP contribution in [0.3, 0.4) is 0 Å². The first-order chi connectivity index (χ1) is 14.0. The highest BCUT2D eigenvalue weighted by Crippen LogP contribution is 2.19. The van der Waals surface area contributed by atoms with Gasteiger partial charge in [0.25, 0.3) is 5.91 Å². The van der Waals surface area contributed by atoms with Gasteiger partial charge in [0, 0.05) is 32.1 Å². The summed E-state index contributed by atoms with van der Waals surface area (Å²) < 4.78 is 13.7. The van der Waals surface area contributed by atoms with E-state index in [9.17, 15) is 14.0 Å². The van der Waals surface area contributed by atoms with Gasteiger partial charge in [-0.15, -0.1) is 0 Å². The number of carbonyl (C=O) groups excluding carboxylic acids is 2. The number of hydrogen-bond acceptors (Lipinski definition) is 4. The first-order valence-corrected chi connectivity index (χ1v) is 10.1. The molecule has 1 aromatic carbocycles. The van der Waals surface area contributed by atoms with Gasteiger partial charge in [0.2, 0.25) is 5.91 Å². The average Bonchev–Trinajstić information content (AvgIpc) is 2.75. The molecule has 1 aliphatic heterocycles. The number of nitrogens with zero attached hydrogens (tertiary/aromatic N) is 3. The number of aromatic nitrogens is 1. The van der Waals surface area contributed by atoms with Gasteiger partial charge >= 0.3 is 0 Å². The Bertz CT molecular complexity index is 844. The van der Waals surface area contributed by atoms with Crippen LogP contribution in [0.2, 0.25) is 0 Å². The van der Waals surface area contributed by atoms with Crippen LogP contribution in [0.25, 0.3) is 0 Å². The monoisotopic (exact) mass is 398 g/mol. The van der Waals surface area contributed by atoms with Gasteiger partial charge < -0.3 is 15.1 Å². The quantitative estimate of drug-likeness (QED) is 0.808. The maximum Gasteiger partial charge on any atom is 0.258 e. The Kier molecular flexibility index (Phi) is 6.80. The molecule has 0 atom stereocenters. The van der Waals surface area contributed by atoms with Gasteiger partial charge in [0.05, 0.1) is 17.4 Å². The van der Waals surface area contributed by atoms with E-state index in [-0.39, 0.29) is 17.4 Å². The zero-order valence-electron chi connectivity index (χ0n) is 16.9. The number of nitrogens with one attached hydrogen (secondary N) is 1. The van der Waals surface area contributed by atoms with Crippen LogP contribution in [-0.4, -0.2) is 47.9 Å². The minimum absolute atomic E-state index is 0.00479. The molecule has 0 unspecified atom stereocenters. The molecular formula is C22H27FN4O2. The lowest BCUT2D eigenvalue weighted by molar-refractivity contribution is -0.136. The van der Waals surface area contributed by atoms with Crippen LogP contribution in [0.1, 0.15) is 37.0 Å². The van der Waals surface area contributed by atoms with E-state index in [1.54, 1.807) is 24.4 Å². The van der Waals surface area contributed by atoms with Crippen LogP contribution in [0, 0.1) is 11.7 Å². The maximum absolute atomic E-state index is 13.7. The molecule has 3 rings (SSSR count). The first kappa shape index (κ1) is 20.8. The summed E-state index contributed by atoms with van der Waals surface area (Å²) in [5.41, 5.74) is 0.499. The molecule has 2 heterocycles. The zero-order chi connectivity index (χ0) is 20.8. The Labute approximate surface area is 170 Å². The number of piperazine rings is 1. The molecule has 0 aliphatic carbocycles. The first-order valence-electron chi connectivity index (χ1n) is 10.1. The Hall–Kier alpha value is -2.96. The molecule has 2 aromatic rings. The molecule has 29 heavy (non-hydrogen) atoms. The summed E-state index contributed by atoms with van der Waals surface area (Å²) in [7, 11) is 0. The Morgan fingerprint density at radius 2 is 1.76 bits per heavy atom. The van der Waals surface area contributed by atoms with Crippen molar-refractivity contribution in [2.45, 2.75) is 26.7 Å². The normalized spacial score (nSPS) is 14.2. The van der Waals surface area contributed by atoms with E-state index in [1.807, 2.05) is 11.0 Å². The van der Waals surface area contributed by atoms with E-state index in [0.717, 1.165) is 31.7 Å². The largest absolute Gasteiger partial charge is 0.353 e. The molecule has 6 nitrogen and oxygen atoms in total. The molecular weight excluding hydrogens is 371 g/mol. The van der Waals surface area contributed by atoms with E-state index < -0.39 is 11.7 Å². The molecule has 0 saturated carbocycles. The number of halogens is 1. The lowest BCUT2D eigenvalue weighted by atomic mass is 10.0. The van der Waals surface area contributed by atoms with Crippen molar-refractivity contribution in [2.24, 2.45) is 5.92 Å². The number of benzene rings is 1. The fourth-order valence-corrected chi connectivity index (χ4v) is 3.54. The van der Waals surface area contributed by atoms with E-state index >= 15 is 0 Å². The van der Waals surface area contributed by atoms with Crippen molar-refractivity contribution in [1.29, 1.82) is 0 Å². The predicted octanol–water partition coefficient (Wildman–Crippen LogP) is 3.56. The number of hydrogen-bond donors (Lipinski definition) is 1. The second-order valence-corrected chi connectivity index (χ2v) is 7.16. The number of rotatable bonds is 6. The van der Waals surface area contributed by atoms with Crippen LogP contribution < -0.4 is 10.2 Å². The van der Waals surface area contributed by atoms with Crippen molar-refractivity contribution < 1.29 is 14.0 Å². The van der Waals surface area contributed by atoms with Gasteiger partial charge in [-0.1, -0.05) is 26.0 Å². The van der Waals surface area contributed by atoms with Crippen LogP contribution in [0.5, 0.6) is 0 Å². The van der Waals surface area contributed by atoms with Crippen LogP contribution >= 0.6 is 0 Å². The third kappa shape index (κ3) is 4.91. The highest BCUT2D eigenvalue weighted by Gasteiger charge is 2.25. The predicted molar refractivity (Wildman–Crippen MR) is 111 cm³/mol. The van der Waals surface area contributed by atoms with Gasteiger partial charge in [-0.05, 0) is 37.1 Å². The second-order valence-electron chi connectivity index (χ2n) is 7.16. The van der Waals surface area contributed by atoms with Crippen molar-refractivity contribution in [2.75, 3.05) is 36.4 Å². The molecule has 1 saturated heterocycles. The van der Waals surface area contributed by atoms with E-state index in [2.05, 4.69) is 29.0 Å². The van der Waals surface area contributed by atoms with E-state index in [1.165, 1.54) is 12.1 Å². The molecule has 7 heteroatoms. The lowest BCUT2D eigenvalue weighted by Crippen LogP contribution is -2.50. The fraction of sp³-hybridized carbons (Fsp3) is 0.409. The van der Waals surface area contributed by atoms with Crippen molar-refractivity contribution in [3.05, 3.63) is 54.0 Å². The summed E-state index contributed by atoms with van der Waals surface area (Å²) in [6.07, 6.45) is 3.31. The molecule has 154 valence electrons. The standard InChI is InChI=1S/C22H27FN4O2/c1-3-16(4-2)22(29)27-13-11-26(12-14-27)20-10-9-17(15-24-20)25-21(28)18-7-5-6-8-19(18)23/h5-10,15-16H,3-4,11-14H2,1-2H3,(H,25,28). The average molecular weight is 398 g/mol. The minimum Gasteiger partial charge on any atom is -0.353 e. The molecule has 0 spiro atoms. The molecule has 1 fully saturated rings. The third-order valence-electron chi connectivity index (χ3n) is 5.37. The van der Waals surface area contributed by atoms with Crippen LogP contribution in [-0.2, 0) is 4.79 Å². The van der Waals surface area contributed by atoms with Crippen molar-refractivity contribution >= 4 is 23.3 Å². The highest BCUT2D eigenvalue weighted by atomic mass is 19.1. The van der Waals surface area contributed by atoms with E-state index in [4.69, 9.17) is 0 Å². The molecule has 1 N–H and O–H groups in total. The molecule has 0 radical (unpaired) electrons. The van der Waals surface area contributed by atoms with Crippen molar-refractivity contribution in [3.8, 4) is 0 Å². The molecule has 1 aromatic heterocycles. The van der Waals surface area contributed by atoms with Crippen molar-refractivity contribution in [3.63, 3.8) is 0 Å². The molecule has 2 amide bonds. The van der Waals surface area contributed by atoms with Gasteiger partial charge in [-0.25, -0.2) is 9.37 Å². The van der Waals surface area contributed by atoms with Crippen LogP contribution in [0.15, 0.2) is 42.6 Å². The number of amides is 2. The van der Waals surface area contributed by atoms with Gasteiger partial charge in [0.15, 0.2) is 0 Å². The van der Waals surface area contributed by atoms with Gasteiger partial charge in [-0.2, -0.15) is 0 Å². The summed E-state index contributed by atoms with van der Waals surface area (Å²) in [5, 5.41) is 2.66. The number of pyridine rings is 1. The molecule has 1 aliphatic rings. The molecule has 0 bridgehead atoms. The van der Waals surface area contributed by atoms with Crippen LogP contribution in [0.4, 0.5) is 15.9 Å². The smallest absolute Gasteiger partial charge is 0.258 e. The zero-order valence-corrected chi connectivity index (χ0v) is 16.9. The number of anilines is 2. The van der Waals surface area contributed by atoms with Crippen molar-refractivity contribution in [1.82, 2.24) is 9.88 Å². The van der Waals surface area contributed by atoms with Gasteiger partial charge in [0.1, 0.15) is 11.6 Å². The van der Waals surface area contributed by atoms with E-state index in [0.29, 0.717) is 18.8 Å². The lowest BCUT2D eigenvalue weighted by Gasteiger charge is -2.36. The maximum atomic E-state index is 13.7. The third-order valence-corrected chi connectivity index (χ3v) is 5.37. The van der Waals surface area contributed by atoms with Gasteiger partial charge in [-0.3, -0.25) is 9.59 Å². The minimum atomic E-state index is -0.560.